The number of anilines is 1. The van der Waals surface area contributed by atoms with Crippen molar-refractivity contribution in [2.75, 3.05) is 18.0 Å². The summed E-state index contributed by atoms with van der Waals surface area (Å²) in [6.45, 7) is 5.70. The van der Waals surface area contributed by atoms with Gasteiger partial charge in [-0.25, -0.2) is 0 Å². The first kappa shape index (κ1) is 27.1. The molecule has 3 aromatic rings. The second-order valence-electron chi connectivity index (χ2n) is 12.9. The zero-order valence-electron chi connectivity index (χ0n) is 23.9. The number of carbonyl (C=O) groups is 4. The van der Waals surface area contributed by atoms with Crippen molar-refractivity contribution in [3.63, 3.8) is 0 Å². The number of carbonyl (C=O) groups excluding carboxylic acids is 4. The van der Waals surface area contributed by atoms with Crippen LogP contribution in [0.2, 0.25) is 5.15 Å². The first-order valence-electron chi connectivity index (χ1n) is 14.8. The molecule has 4 amide bonds. The van der Waals surface area contributed by atoms with Gasteiger partial charge in [-0.05, 0) is 62.1 Å². The molecule has 1 aliphatic carbocycles. The van der Waals surface area contributed by atoms with Crippen LogP contribution in [-0.4, -0.2) is 57.4 Å². The highest BCUT2D eigenvalue weighted by Crippen LogP contribution is 2.44. The van der Waals surface area contributed by atoms with Crippen LogP contribution in [0.15, 0.2) is 36.5 Å². The maximum atomic E-state index is 13.5. The molecule has 42 heavy (non-hydrogen) atoms. The molecule has 2 saturated heterocycles. The molecule has 9 nitrogen and oxygen atoms in total. The molecule has 0 spiro atoms. The predicted octanol–water partition coefficient (Wildman–Crippen LogP) is 4.57. The zero-order chi connectivity index (χ0) is 29.4. The Morgan fingerprint density at radius 3 is 2.50 bits per heavy atom. The molecule has 1 aromatic heterocycles. The molecule has 2 aromatic carbocycles. The molecule has 3 aliphatic heterocycles. The number of hydrogen-bond acceptors (Lipinski definition) is 5. The fraction of sp³-hybridized carbons (Fsp3) is 0.469. The Morgan fingerprint density at radius 2 is 1.81 bits per heavy atom. The summed E-state index contributed by atoms with van der Waals surface area (Å²) in [6.07, 6.45) is 7.78. The van der Waals surface area contributed by atoms with E-state index >= 15 is 0 Å². The highest BCUT2D eigenvalue weighted by Gasteiger charge is 2.44. The topological polar surface area (TPSA) is 105 Å². The van der Waals surface area contributed by atoms with Crippen LogP contribution < -0.4 is 10.2 Å². The minimum absolute atomic E-state index is 0.181. The van der Waals surface area contributed by atoms with Crippen LogP contribution in [0.25, 0.3) is 10.8 Å². The van der Waals surface area contributed by atoms with Crippen molar-refractivity contribution in [3.05, 3.63) is 58.4 Å². The summed E-state index contributed by atoms with van der Waals surface area (Å²) in [7, 11) is 0. The van der Waals surface area contributed by atoms with Gasteiger partial charge in [0.2, 0.25) is 17.7 Å². The first-order valence-corrected chi connectivity index (χ1v) is 15.2. The average molecular weight is 588 g/mol. The van der Waals surface area contributed by atoms with Gasteiger partial charge in [0.15, 0.2) is 5.15 Å². The van der Waals surface area contributed by atoms with Crippen LogP contribution >= 0.6 is 11.6 Å². The van der Waals surface area contributed by atoms with Gasteiger partial charge in [-0.1, -0.05) is 43.1 Å². The van der Waals surface area contributed by atoms with E-state index in [-0.39, 0.29) is 35.1 Å². The lowest BCUT2D eigenvalue weighted by atomic mass is 9.69. The van der Waals surface area contributed by atoms with Crippen molar-refractivity contribution >= 4 is 51.7 Å². The molecule has 218 valence electrons. The Labute approximate surface area is 249 Å². The van der Waals surface area contributed by atoms with Gasteiger partial charge in [0.25, 0.3) is 5.91 Å². The van der Waals surface area contributed by atoms with Gasteiger partial charge in [0.05, 0.1) is 11.2 Å². The van der Waals surface area contributed by atoms with E-state index in [9.17, 15) is 19.2 Å². The van der Waals surface area contributed by atoms with Gasteiger partial charge < -0.3 is 4.90 Å². The number of imide groups is 1. The number of halogens is 1. The molecule has 0 bridgehead atoms. The summed E-state index contributed by atoms with van der Waals surface area (Å²) in [6, 6.07) is 8.81. The van der Waals surface area contributed by atoms with E-state index in [4.69, 9.17) is 16.7 Å². The van der Waals surface area contributed by atoms with Crippen LogP contribution in [0.4, 0.5) is 5.69 Å². The number of aromatic nitrogens is 2. The predicted molar refractivity (Wildman–Crippen MR) is 158 cm³/mol. The van der Waals surface area contributed by atoms with E-state index in [1.165, 1.54) is 4.90 Å². The SMILES string of the molecule is CC1(C(=O)N2CCC(C)(n3cc(Cc4ccc5c6c(cccc46)C(=O)N5C4CCC(=O)NC4=O)c(Cl)n3)CC2)CCC1. The minimum Gasteiger partial charge on any atom is -0.342 e. The second-order valence-corrected chi connectivity index (χ2v) is 13.2. The molecule has 4 heterocycles. The summed E-state index contributed by atoms with van der Waals surface area (Å²) in [5.74, 6) is -0.687. The van der Waals surface area contributed by atoms with Crippen LogP contribution in [-0.2, 0) is 26.3 Å². The monoisotopic (exact) mass is 587 g/mol. The standard InChI is InChI=1S/C32H34ClN5O4/c1-31(11-4-12-31)30(42)36-15-13-32(2,14-16-36)37-18-20(27(33)35-37)17-19-7-8-23-26-21(19)5-3-6-22(26)29(41)38(23)24-9-10-25(39)34-28(24)40/h3,5-8,18,24H,4,9-17H2,1-2H3,(H,34,39,40). The van der Waals surface area contributed by atoms with Crippen molar-refractivity contribution in [2.24, 2.45) is 5.41 Å². The largest absolute Gasteiger partial charge is 0.342 e. The molecular weight excluding hydrogens is 554 g/mol. The van der Waals surface area contributed by atoms with E-state index < -0.39 is 11.9 Å². The quantitative estimate of drug-likeness (QED) is 0.440. The smallest absolute Gasteiger partial charge is 0.259 e. The first-order chi connectivity index (χ1) is 20.1. The lowest BCUT2D eigenvalue weighted by Crippen LogP contribution is -2.53. The maximum Gasteiger partial charge on any atom is 0.259 e. The minimum atomic E-state index is -0.719. The third-order valence-electron chi connectivity index (χ3n) is 10.1. The number of piperidine rings is 2. The Kier molecular flexibility index (Phi) is 6.24. The van der Waals surface area contributed by atoms with E-state index in [1.54, 1.807) is 6.07 Å². The molecule has 3 fully saturated rings. The molecule has 7 rings (SSSR count). The lowest BCUT2D eigenvalue weighted by Gasteiger charge is -2.45. The fourth-order valence-electron chi connectivity index (χ4n) is 7.17. The van der Waals surface area contributed by atoms with E-state index in [2.05, 4.69) is 19.2 Å². The van der Waals surface area contributed by atoms with Crippen LogP contribution in [0.3, 0.4) is 0 Å². The molecule has 0 radical (unpaired) electrons. The number of likely N-dealkylation sites (tertiary alicyclic amines) is 1. The fourth-order valence-corrected chi connectivity index (χ4v) is 7.37. The van der Waals surface area contributed by atoms with Gasteiger partial charge in [-0.3, -0.25) is 34.1 Å². The van der Waals surface area contributed by atoms with Gasteiger partial charge in [0, 0.05) is 54.1 Å². The zero-order valence-corrected chi connectivity index (χ0v) is 24.7. The summed E-state index contributed by atoms with van der Waals surface area (Å²) in [4.78, 5) is 54.5. The summed E-state index contributed by atoms with van der Waals surface area (Å²) in [5, 5.41) is 9.29. The van der Waals surface area contributed by atoms with E-state index in [1.807, 2.05) is 40.0 Å². The van der Waals surface area contributed by atoms with Crippen molar-refractivity contribution < 1.29 is 19.2 Å². The van der Waals surface area contributed by atoms with E-state index in [0.717, 1.165) is 54.0 Å². The van der Waals surface area contributed by atoms with Crippen molar-refractivity contribution in [1.29, 1.82) is 0 Å². The summed E-state index contributed by atoms with van der Waals surface area (Å²) >= 11 is 6.71. The second kappa shape index (κ2) is 9.66. The molecule has 1 N–H and O–H groups in total. The number of nitrogens with zero attached hydrogens (tertiary/aromatic N) is 4. The Balaban J connectivity index is 1.14. The number of rotatable bonds is 5. The van der Waals surface area contributed by atoms with Crippen LogP contribution in [0.1, 0.15) is 80.3 Å². The molecule has 1 saturated carbocycles. The highest BCUT2D eigenvalue weighted by molar-refractivity contribution is 6.30. The van der Waals surface area contributed by atoms with Gasteiger partial charge >= 0.3 is 0 Å². The molecule has 1 unspecified atom stereocenters. The molecular formula is C32H34ClN5O4. The van der Waals surface area contributed by atoms with Crippen molar-refractivity contribution in [3.8, 4) is 0 Å². The average Bonchev–Trinajstić information content (AvgIpc) is 3.47. The Morgan fingerprint density at radius 1 is 1.05 bits per heavy atom. The summed E-state index contributed by atoms with van der Waals surface area (Å²) in [5.41, 5.74) is 2.73. The normalized spacial score (nSPS) is 22.8. The van der Waals surface area contributed by atoms with Crippen molar-refractivity contribution in [2.45, 2.75) is 76.8 Å². The third-order valence-corrected chi connectivity index (χ3v) is 10.4. The maximum absolute atomic E-state index is 13.5. The van der Waals surface area contributed by atoms with Gasteiger partial charge in [-0.2, -0.15) is 5.10 Å². The molecule has 10 heteroatoms. The summed E-state index contributed by atoms with van der Waals surface area (Å²) < 4.78 is 1.98. The number of nitrogens with one attached hydrogen (secondary N) is 1. The van der Waals surface area contributed by atoms with Gasteiger partial charge in [0.1, 0.15) is 6.04 Å². The Hall–Kier alpha value is -3.72. The van der Waals surface area contributed by atoms with E-state index in [0.29, 0.717) is 42.3 Å². The molecule has 4 aliphatic rings. The van der Waals surface area contributed by atoms with Crippen LogP contribution in [0.5, 0.6) is 0 Å². The van der Waals surface area contributed by atoms with Gasteiger partial charge in [-0.15, -0.1) is 0 Å². The lowest BCUT2D eigenvalue weighted by molar-refractivity contribution is -0.148. The third kappa shape index (κ3) is 4.15. The Bertz CT molecular complexity index is 1670. The number of benzene rings is 2. The van der Waals surface area contributed by atoms with Crippen LogP contribution in [0, 0.1) is 5.41 Å². The van der Waals surface area contributed by atoms with Crippen molar-refractivity contribution in [1.82, 2.24) is 20.0 Å². The highest BCUT2D eigenvalue weighted by atomic mass is 35.5. The molecule has 1 atom stereocenters. The number of hydrogen-bond donors (Lipinski definition) is 1. The number of amides is 4.